The van der Waals surface area contributed by atoms with Crippen molar-refractivity contribution in [3.8, 4) is 0 Å². The largest absolute Gasteiger partial charge is 0.298 e. The summed E-state index contributed by atoms with van der Waals surface area (Å²) < 4.78 is 140. The molecule has 3 heteroatoms. The quantitative estimate of drug-likeness (QED) is 0.780. The smallest absolute Gasteiger partial charge is 0.0246 e. The molecule has 1 rings (SSSR count). The van der Waals surface area contributed by atoms with Crippen LogP contribution in [-0.4, -0.2) is 72.1 Å². The highest BCUT2D eigenvalue weighted by Gasteiger charge is 2.20. The van der Waals surface area contributed by atoms with Gasteiger partial charge in [0.05, 0.1) is 0 Å². The van der Waals surface area contributed by atoms with Gasteiger partial charge in [-0.3, -0.25) is 14.7 Å². The third kappa shape index (κ3) is 4.87. The lowest BCUT2D eigenvalue weighted by Crippen LogP contribution is -2.41. The average Bonchev–Trinajstić information content (AvgIpc) is 2.60. The highest BCUT2D eigenvalue weighted by molar-refractivity contribution is 4.76. The third-order valence-electron chi connectivity index (χ3n) is 3.12. The Kier molecular flexibility index (Phi) is 1.64. The molecule has 1 aliphatic rings. The van der Waals surface area contributed by atoms with E-state index in [9.17, 15) is 0 Å². The van der Waals surface area contributed by atoms with Crippen LogP contribution in [0.4, 0.5) is 0 Å². The van der Waals surface area contributed by atoms with Crippen molar-refractivity contribution < 1.29 is 24.7 Å². The normalized spacial score (nSPS) is 41.5. The highest BCUT2D eigenvalue weighted by Crippen LogP contribution is 2.08. The molecule has 18 heavy (non-hydrogen) atoms. The van der Waals surface area contributed by atoms with Gasteiger partial charge in [0.25, 0.3) is 0 Å². The van der Waals surface area contributed by atoms with Gasteiger partial charge >= 0.3 is 0 Å². The summed E-state index contributed by atoms with van der Waals surface area (Å²) in [6.45, 7) is -20.3. The van der Waals surface area contributed by atoms with E-state index in [4.69, 9.17) is 24.7 Å². The van der Waals surface area contributed by atoms with Crippen molar-refractivity contribution >= 4 is 0 Å². The van der Waals surface area contributed by atoms with Crippen LogP contribution in [0.3, 0.4) is 0 Å². The van der Waals surface area contributed by atoms with Gasteiger partial charge < -0.3 is 0 Å². The summed E-state index contributed by atoms with van der Waals surface area (Å²) in [6.07, 6.45) is 0. The maximum Gasteiger partial charge on any atom is 0.0246 e. The minimum atomic E-state index is -3.03. The van der Waals surface area contributed by atoms with E-state index < -0.39 is 59.2 Å². The predicted octanol–water partition coefficient (Wildman–Crippen LogP) is 2.13. The molecule has 0 aromatic rings. The van der Waals surface area contributed by atoms with Crippen LogP contribution in [0.5, 0.6) is 0 Å². The highest BCUT2D eigenvalue weighted by atomic mass is 15.3. The first-order chi connectivity index (χ1) is 15.7. The zero-order chi connectivity index (χ0) is 28.7. The van der Waals surface area contributed by atoms with E-state index in [2.05, 4.69) is 0 Å². The van der Waals surface area contributed by atoms with Crippen molar-refractivity contribution in [3.63, 3.8) is 0 Å². The molecule has 0 aliphatic carbocycles. The Morgan fingerprint density at radius 3 is 0.944 bits per heavy atom. The number of hydrogen-bond donors (Lipinski definition) is 0. The van der Waals surface area contributed by atoms with E-state index in [1.54, 1.807) is 0 Å². The average molecular weight is 274 g/mol. The Hall–Kier alpha value is -0.120. The maximum absolute atomic E-state index is 7.77. The molecular weight excluding hydrogens is 222 g/mol. The Morgan fingerprint density at radius 2 is 0.778 bits per heavy atom. The molecule has 1 saturated heterocycles. The van der Waals surface area contributed by atoms with Gasteiger partial charge in [-0.1, -0.05) is 0 Å². The molecule has 0 spiro atoms. The van der Waals surface area contributed by atoms with E-state index in [-0.39, 0.29) is 39.3 Å². The molecule has 1 aliphatic heterocycles. The summed E-state index contributed by atoms with van der Waals surface area (Å²) in [5.41, 5.74) is 0. The van der Waals surface area contributed by atoms with E-state index in [0.29, 0.717) is 0 Å². The second-order valence-electron chi connectivity index (χ2n) is 4.32. The molecule has 1 heterocycles. The fraction of sp³-hybridized carbons (Fsp3) is 1.00. The van der Waals surface area contributed by atoms with Crippen molar-refractivity contribution in [3.05, 3.63) is 0 Å². The molecule has 0 N–H and O–H groups in total. The van der Waals surface area contributed by atoms with Crippen molar-refractivity contribution in [2.24, 2.45) is 0 Å². The summed E-state index contributed by atoms with van der Waals surface area (Å²) in [7, 11) is 0. The molecule has 0 aromatic heterocycles. The van der Waals surface area contributed by atoms with Crippen LogP contribution in [-0.2, 0) is 0 Å². The molecule has 0 bridgehead atoms. The Bertz CT molecular complexity index is 550. The van der Waals surface area contributed by atoms with Crippen molar-refractivity contribution in [1.82, 2.24) is 14.7 Å². The van der Waals surface area contributed by atoms with Gasteiger partial charge in [-0.05, 0) is 41.1 Å². The zero-order valence-corrected chi connectivity index (χ0v) is 10.3. The standard InChI is InChI=1S/C15H33N3/c1-13(2)16-7-9-17(14(3)4)11-12-18(10-8-16)15(5)6/h13-15H,7-12H2,1-6H3/i1D3,2D3,3D3,4D3,5D3,6D3. The Labute approximate surface area is 139 Å². The van der Waals surface area contributed by atoms with Crippen LogP contribution >= 0.6 is 0 Å². The summed E-state index contributed by atoms with van der Waals surface area (Å²) in [5.74, 6) is 0. The van der Waals surface area contributed by atoms with Crippen LogP contribution in [0.15, 0.2) is 0 Å². The lowest BCUT2D eigenvalue weighted by atomic mass is 10.3. The number of rotatable bonds is 3. The maximum atomic E-state index is 7.77. The van der Waals surface area contributed by atoms with E-state index in [1.807, 2.05) is 0 Å². The summed E-state index contributed by atoms with van der Waals surface area (Å²) in [6, 6.07) is -6.11. The van der Waals surface area contributed by atoms with Gasteiger partial charge in [0.2, 0.25) is 0 Å². The first-order valence-electron chi connectivity index (χ1n) is 14.9. The molecule has 0 amide bonds. The van der Waals surface area contributed by atoms with Crippen molar-refractivity contribution in [2.45, 2.75) is 59.2 Å². The van der Waals surface area contributed by atoms with Gasteiger partial charge in [-0.25, -0.2) is 0 Å². The minimum Gasteiger partial charge on any atom is -0.298 e. The van der Waals surface area contributed by atoms with Crippen LogP contribution < -0.4 is 0 Å². The molecule has 0 atom stereocenters. The van der Waals surface area contributed by atoms with Crippen molar-refractivity contribution in [2.75, 3.05) is 39.3 Å². The summed E-state index contributed by atoms with van der Waals surface area (Å²) in [5, 5.41) is 0. The second-order valence-corrected chi connectivity index (χ2v) is 4.32. The fourth-order valence-corrected chi connectivity index (χ4v) is 1.88. The zero-order valence-electron chi connectivity index (χ0n) is 28.3. The third-order valence-corrected chi connectivity index (χ3v) is 3.12. The SMILES string of the molecule is [2H]C([2H])([2H])C(N1CCN(C(C([2H])([2H])[2H])C([2H])([2H])[2H])CCN(C(C([2H])([2H])[2H])C([2H])([2H])[2H])CC1)C([2H])([2H])[2H]. The summed E-state index contributed by atoms with van der Waals surface area (Å²) >= 11 is 0. The topological polar surface area (TPSA) is 9.72 Å². The monoisotopic (exact) mass is 273 g/mol. The van der Waals surface area contributed by atoms with Gasteiger partial charge in [0.15, 0.2) is 0 Å². The van der Waals surface area contributed by atoms with Gasteiger partial charge in [0, 0.05) is 82.1 Å². The summed E-state index contributed by atoms with van der Waals surface area (Å²) in [4.78, 5) is 3.03. The minimum absolute atomic E-state index is 0.357. The lowest BCUT2D eigenvalue weighted by molar-refractivity contribution is 0.169. The van der Waals surface area contributed by atoms with E-state index >= 15 is 0 Å². The van der Waals surface area contributed by atoms with Gasteiger partial charge in [-0.2, -0.15) is 0 Å². The Morgan fingerprint density at radius 1 is 0.556 bits per heavy atom. The Balaban J connectivity index is 3.64. The van der Waals surface area contributed by atoms with Gasteiger partial charge in [0.1, 0.15) is 0 Å². The molecule has 3 nitrogen and oxygen atoms in total. The molecule has 108 valence electrons. The second kappa shape index (κ2) is 7.46. The molecule has 0 radical (unpaired) electrons. The number of hydrogen-bond acceptors (Lipinski definition) is 3. The van der Waals surface area contributed by atoms with Gasteiger partial charge in [-0.15, -0.1) is 0 Å². The van der Waals surface area contributed by atoms with Crippen LogP contribution in [0.2, 0.25) is 0 Å². The first kappa shape index (κ1) is 3.96. The van der Waals surface area contributed by atoms with Crippen LogP contribution in [0, 0.1) is 0 Å². The predicted molar refractivity (Wildman–Crippen MR) is 80.1 cm³/mol. The first-order valence-corrected chi connectivity index (χ1v) is 5.90. The van der Waals surface area contributed by atoms with E-state index in [1.165, 1.54) is 0 Å². The molecule has 1 fully saturated rings. The molecule has 0 unspecified atom stereocenters. The molecule has 0 aromatic carbocycles. The van der Waals surface area contributed by atoms with Crippen LogP contribution in [0.25, 0.3) is 0 Å². The molecular formula is C15H33N3. The number of nitrogens with zero attached hydrogens (tertiary/aromatic N) is 3. The molecule has 0 saturated carbocycles. The van der Waals surface area contributed by atoms with Crippen LogP contribution in [0.1, 0.15) is 65.8 Å². The van der Waals surface area contributed by atoms with Crippen molar-refractivity contribution in [1.29, 1.82) is 0 Å². The fourth-order valence-electron chi connectivity index (χ4n) is 1.88. The van der Waals surface area contributed by atoms with E-state index in [0.717, 1.165) is 14.7 Å². The lowest BCUT2D eigenvalue weighted by Gasteiger charge is -2.30.